The number of hydrogen-bond acceptors (Lipinski definition) is 4. The van der Waals surface area contributed by atoms with E-state index in [0.29, 0.717) is 6.54 Å². The Labute approximate surface area is 112 Å². The maximum Gasteiger partial charge on any atom is 0.315 e. The van der Waals surface area contributed by atoms with Crippen molar-refractivity contribution in [2.75, 3.05) is 32.8 Å². The lowest BCUT2D eigenvalue weighted by molar-refractivity contribution is 0.0349. The molecule has 0 aromatic carbocycles. The number of H-pyrrole nitrogens is 1. The standard InChI is InChI=1S/C12H21N5O2/c1-10(9-17-4-6-19-7-5-17)15-12(18)13-8-11-2-3-14-16-11/h2-3,10H,4-9H2,1H3,(H,14,16)(H2,13,15,18)/t10-/m1/s1. The number of aromatic nitrogens is 2. The lowest BCUT2D eigenvalue weighted by Crippen LogP contribution is -2.48. The van der Waals surface area contributed by atoms with Crippen molar-refractivity contribution in [3.8, 4) is 0 Å². The molecule has 1 saturated heterocycles. The van der Waals surface area contributed by atoms with E-state index in [-0.39, 0.29) is 12.1 Å². The van der Waals surface area contributed by atoms with Crippen molar-refractivity contribution in [1.82, 2.24) is 25.7 Å². The van der Waals surface area contributed by atoms with E-state index in [4.69, 9.17) is 4.74 Å². The number of amides is 2. The van der Waals surface area contributed by atoms with Crippen molar-refractivity contribution < 1.29 is 9.53 Å². The van der Waals surface area contributed by atoms with Crippen LogP contribution in [0.5, 0.6) is 0 Å². The first-order chi connectivity index (χ1) is 9.24. The predicted molar refractivity (Wildman–Crippen MR) is 70.7 cm³/mol. The molecule has 0 bridgehead atoms. The topological polar surface area (TPSA) is 82.3 Å². The second-order valence-electron chi connectivity index (χ2n) is 4.72. The number of carbonyl (C=O) groups is 1. The summed E-state index contributed by atoms with van der Waals surface area (Å²) in [5.41, 5.74) is 0.885. The number of nitrogens with one attached hydrogen (secondary N) is 3. The van der Waals surface area contributed by atoms with Crippen LogP contribution in [0.4, 0.5) is 4.79 Å². The maximum absolute atomic E-state index is 11.7. The van der Waals surface area contributed by atoms with Crippen LogP contribution in [-0.2, 0) is 11.3 Å². The highest BCUT2D eigenvalue weighted by Gasteiger charge is 2.14. The third-order valence-electron chi connectivity index (χ3n) is 3.01. The molecule has 2 heterocycles. The number of carbonyl (C=O) groups excluding carboxylic acids is 1. The first kappa shape index (κ1) is 13.8. The smallest absolute Gasteiger partial charge is 0.315 e. The monoisotopic (exact) mass is 267 g/mol. The highest BCUT2D eigenvalue weighted by molar-refractivity contribution is 5.74. The van der Waals surface area contributed by atoms with Crippen molar-refractivity contribution in [2.45, 2.75) is 19.5 Å². The van der Waals surface area contributed by atoms with E-state index < -0.39 is 0 Å². The normalized spacial score (nSPS) is 17.9. The Bertz CT molecular complexity index is 375. The number of ether oxygens (including phenoxy) is 1. The number of aromatic amines is 1. The van der Waals surface area contributed by atoms with Crippen LogP contribution < -0.4 is 10.6 Å². The number of hydrogen-bond donors (Lipinski definition) is 3. The Morgan fingerprint density at radius 3 is 3.05 bits per heavy atom. The lowest BCUT2D eigenvalue weighted by Gasteiger charge is -2.29. The molecule has 1 fully saturated rings. The number of nitrogens with zero attached hydrogens (tertiary/aromatic N) is 2. The minimum atomic E-state index is -0.157. The molecule has 1 aliphatic rings. The van der Waals surface area contributed by atoms with Gasteiger partial charge in [0.25, 0.3) is 0 Å². The molecule has 7 nitrogen and oxygen atoms in total. The summed E-state index contributed by atoms with van der Waals surface area (Å²) < 4.78 is 5.29. The molecule has 3 N–H and O–H groups in total. The van der Waals surface area contributed by atoms with Crippen molar-refractivity contribution in [2.24, 2.45) is 0 Å². The van der Waals surface area contributed by atoms with E-state index in [2.05, 4.69) is 25.7 Å². The van der Waals surface area contributed by atoms with E-state index in [1.54, 1.807) is 6.20 Å². The van der Waals surface area contributed by atoms with Crippen LogP contribution in [0.25, 0.3) is 0 Å². The average molecular weight is 267 g/mol. The highest BCUT2D eigenvalue weighted by atomic mass is 16.5. The van der Waals surface area contributed by atoms with Gasteiger partial charge in [0.15, 0.2) is 0 Å². The molecule has 0 spiro atoms. The Hall–Kier alpha value is -1.60. The largest absolute Gasteiger partial charge is 0.379 e. The average Bonchev–Trinajstić information content (AvgIpc) is 2.90. The molecule has 0 unspecified atom stereocenters. The van der Waals surface area contributed by atoms with Gasteiger partial charge in [-0.1, -0.05) is 0 Å². The van der Waals surface area contributed by atoms with Crippen molar-refractivity contribution in [3.05, 3.63) is 18.0 Å². The lowest BCUT2D eigenvalue weighted by atomic mass is 10.3. The Morgan fingerprint density at radius 1 is 1.58 bits per heavy atom. The van der Waals surface area contributed by atoms with Crippen molar-refractivity contribution in [3.63, 3.8) is 0 Å². The van der Waals surface area contributed by atoms with Crippen molar-refractivity contribution >= 4 is 6.03 Å². The van der Waals surface area contributed by atoms with Crippen LogP contribution in [0, 0.1) is 0 Å². The van der Waals surface area contributed by atoms with Gasteiger partial charge in [-0.15, -0.1) is 0 Å². The molecule has 7 heteroatoms. The summed E-state index contributed by atoms with van der Waals surface area (Å²) in [4.78, 5) is 14.0. The summed E-state index contributed by atoms with van der Waals surface area (Å²) in [6.07, 6.45) is 1.66. The molecule has 1 atom stereocenters. The first-order valence-electron chi connectivity index (χ1n) is 6.57. The maximum atomic E-state index is 11.7. The molecule has 1 aliphatic heterocycles. The zero-order valence-electron chi connectivity index (χ0n) is 11.2. The Morgan fingerprint density at radius 2 is 2.37 bits per heavy atom. The van der Waals surface area contributed by atoms with E-state index >= 15 is 0 Å². The summed E-state index contributed by atoms with van der Waals surface area (Å²) in [5.74, 6) is 0. The van der Waals surface area contributed by atoms with Crippen LogP contribution in [-0.4, -0.2) is 60.0 Å². The second-order valence-corrected chi connectivity index (χ2v) is 4.72. The fourth-order valence-corrected chi connectivity index (χ4v) is 2.05. The molecule has 1 aromatic rings. The van der Waals surface area contributed by atoms with E-state index in [1.165, 1.54) is 0 Å². The molecule has 0 radical (unpaired) electrons. The van der Waals surface area contributed by atoms with Gasteiger partial charge in [0, 0.05) is 31.9 Å². The number of urea groups is 1. The molecule has 0 saturated carbocycles. The number of morpholine rings is 1. The van der Waals surface area contributed by atoms with Gasteiger partial charge < -0.3 is 15.4 Å². The molecule has 0 aliphatic carbocycles. The first-order valence-corrected chi connectivity index (χ1v) is 6.57. The summed E-state index contributed by atoms with van der Waals surface area (Å²) >= 11 is 0. The number of rotatable bonds is 5. The summed E-state index contributed by atoms with van der Waals surface area (Å²) in [6.45, 7) is 6.73. The second kappa shape index (κ2) is 7.10. The van der Waals surface area contributed by atoms with Crippen LogP contribution in [0.1, 0.15) is 12.6 Å². The van der Waals surface area contributed by atoms with Gasteiger partial charge in [-0.2, -0.15) is 5.10 Å². The summed E-state index contributed by atoms with van der Waals surface area (Å²) in [5, 5.41) is 12.3. The minimum absolute atomic E-state index is 0.111. The molecular weight excluding hydrogens is 246 g/mol. The zero-order valence-corrected chi connectivity index (χ0v) is 11.2. The molecule has 19 heavy (non-hydrogen) atoms. The molecule has 1 aromatic heterocycles. The summed E-state index contributed by atoms with van der Waals surface area (Å²) in [6, 6.07) is 1.78. The Kier molecular flexibility index (Phi) is 5.17. The highest BCUT2D eigenvalue weighted by Crippen LogP contribution is 1.98. The predicted octanol–water partition coefficient (Wildman–Crippen LogP) is -0.0704. The van der Waals surface area contributed by atoms with Gasteiger partial charge in [0.05, 0.1) is 25.5 Å². The SMILES string of the molecule is C[C@H](CN1CCOCC1)NC(=O)NCc1ccn[nH]1. The van der Waals surface area contributed by atoms with Gasteiger partial charge in [-0.05, 0) is 13.0 Å². The van der Waals surface area contributed by atoms with Crippen LogP contribution in [0.2, 0.25) is 0 Å². The van der Waals surface area contributed by atoms with Gasteiger partial charge in [-0.3, -0.25) is 10.00 Å². The summed E-state index contributed by atoms with van der Waals surface area (Å²) in [7, 11) is 0. The van der Waals surface area contributed by atoms with Crippen LogP contribution >= 0.6 is 0 Å². The van der Waals surface area contributed by atoms with Gasteiger partial charge >= 0.3 is 6.03 Å². The van der Waals surface area contributed by atoms with Crippen LogP contribution in [0.3, 0.4) is 0 Å². The van der Waals surface area contributed by atoms with Gasteiger partial charge in [-0.25, -0.2) is 4.79 Å². The van der Waals surface area contributed by atoms with Crippen molar-refractivity contribution in [1.29, 1.82) is 0 Å². The van der Waals surface area contributed by atoms with E-state index in [9.17, 15) is 4.79 Å². The van der Waals surface area contributed by atoms with Gasteiger partial charge in [0.2, 0.25) is 0 Å². The Balaban J connectivity index is 1.63. The molecule has 2 rings (SSSR count). The fraction of sp³-hybridized carbons (Fsp3) is 0.667. The minimum Gasteiger partial charge on any atom is -0.379 e. The third-order valence-corrected chi connectivity index (χ3v) is 3.01. The third kappa shape index (κ3) is 4.88. The molecule has 2 amide bonds. The van der Waals surface area contributed by atoms with Gasteiger partial charge in [0.1, 0.15) is 0 Å². The molecular formula is C12H21N5O2. The van der Waals surface area contributed by atoms with Crippen LogP contribution in [0.15, 0.2) is 12.3 Å². The van der Waals surface area contributed by atoms with E-state index in [1.807, 2.05) is 13.0 Å². The zero-order chi connectivity index (χ0) is 13.5. The van der Waals surface area contributed by atoms with E-state index in [0.717, 1.165) is 38.5 Å². The fourth-order valence-electron chi connectivity index (χ4n) is 2.05. The molecule has 106 valence electrons. The quantitative estimate of drug-likeness (QED) is 0.697.